The van der Waals surface area contributed by atoms with Crippen LogP contribution in [-0.4, -0.2) is 40.3 Å². The van der Waals surface area contributed by atoms with Gasteiger partial charge >= 0.3 is 0 Å². The molecular weight excluding hydrogens is 368 g/mol. The summed E-state index contributed by atoms with van der Waals surface area (Å²) in [5, 5.41) is 3.41. The van der Waals surface area contributed by atoms with Gasteiger partial charge in [0.2, 0.25) is 11.7 Å². The molecule has 0 aromatic heterocycles. The third kappa shape index (κ3) is 4.46. The first-order chi connectivity index (χ1) is 13.0. The summed E-state index contributed by atoms with van der Waals surface area (Å²) in [6.45, 7) is 0.959. The highest BCUT2D eigenvalue weighted by Crippen LogP contribution is 2.40. The number of anilines is 2. The number of hydrogen-bond donors (Lipinski definition) is 1. The minimum Gasteiger partial charge on any atom is -0.493 e. The zero-order valence-corrected chi connectivity index (χ0v) is 16.2. The van der Waals surface area contributed by atoms with Crippen molar-refractivity contribution in [2.24, 2.45) is 0 Å². The highest BCUT2D eigenvalue weighted by Gasteiger charge is 2.17. The zero-order valence-electron chi connectivity index (χ0n) is 15.4. The maximum atomic E-state index is 12.4. The molecule has 0 atom stereocenters. The van der Waals surface area contributed by atoms with Gasteiger partial charge in [-0.2, -0.15) is 0 Å². The van der Waals surface area contributed by atoms with Crippen molar-refractivity contribution in [3.63, 3.8) is 0 Å². The molecule has 1 N–H and O–H groups in total. The third-order valence-corrected chi connectivity index (χ3v) is 4.21. The quantitative estimate of drug-likeness (QED) is 0.788. The maximum Gasteiger partial charge on any atom is 0.248 e. The monoisotopic (exact) mass is 388 g/mol. The Hall–Kier alpha value is -2.86. The van der Waals surface area contributed by atoms with E-state index in [-0.39, 0.29) is 5.91 Å². The Bertz CT molecular complexity index is 863. The first kappa shape index (κ1) is 18.9. The van der Waals surface area contributed by atoms with E-state index in [9.17, 15) is 4.79 Å². The fourth-order valence-electron chi connectivity index (χ4n) is 2.73. The largest absolute Gasteiger partial charge is 0.493 e. The molecule has 0 saturated heterocycles. The van der Waals surface area contributed by atoms with Gasteiger partial charge in [-0.15, -0.1) is 0 Å². The van der Waals surface area contributed by atoms with Crippen molar-refractivity contribution in [2.75, 3.05) is 44.6 Å². The fraction of sp³-hybridized carbons (Fsp3) is 0.250. The van der Waals surface area contributed by atoms with E-state index in [0.717, 1.165) is 11.3 Å². The van der Waals surface area contributed by atoms with Gasteiger partial charge in [-0.25, -0.2) is 0 Å². The molecule has 2 aromatic rings. The molecule has 0 radical (unpaired) electrons. The van der Waals surface area contributed by atoms with Crippen LogP contribution in [-0.2, 0) is 4.79 Å². The number of amides is 1. The van der Waals surface area contributed by atoms with Crippen molar-refractivity contribution >= 4 is 35.0 Å². The Morgan fingerprint density at radius 3 is 2.74 bits per heavy atom. The summed E-state index contributed by atoms with van der Waals surface area (Å²) in [5.41, 5.74) is 2.27. The Morgan fingerprint density at radius 2 is 2.00 bits per heavy atom. The lowest BCUT2D eigenvalue weighted by Gasteiger charge is -2.21. The molecular formula is C20H21ClN2O4. The van der Waals surface area contributed by atoms with Crippen LogP contribution in [0.1, 0.15) is 5.56 Å². The molecule has 1 aliphatic heterocycles. The number of fused-ring (bicyclic) bond motifs is 1. The highest BCUT2D eigenvalue weighted by atomic mass is 35.5. The second kappa shape index (κ2) is 8.22. The number of carbonyl (C=O) groups is 1. The van der Waals surface area contributed by atoms with Crippen LogP contribution in [0.4, 0.5) is 11.4 Å². The van der Waals surface area contributed by atoms with Crippen LogP contribution < -0.4 is 24.4 Å². The predicted molar refractivity (Wildman–Crippen MR) is 107 cm³/mol. The van der Waals surface area contributed by atoms with Gasteiger partial charge in [0.15, 0.2) is 11.5 Å². The second-order valence-corrected chi connectivity index (χ2v) is 6.56. The van der Waals surface area contributed by atoms with Crippen LogP contribution in [0.3, 0.4) is 0 Å². The first-order valence-corrected chi connectivity index (χ1v) is 8.79. The molecule has 0 aliphatic carbocycles. The molecule has 27 heavy (non-hydrogen) atoms. The lowest BCUT2D eigenvalue weighted by molar-refractivity contribution is -0.111. The van der Waals surface area contributed by atoms with Crippen LogP contribution >= 0.6 is 11.6 Å². The number of nitrogens with one attached hydrogen (secondary N) is 1. The normalized spacial score (nSPS) is 12.7. The van der Waals surface area contributed by atoms with Gasteiger partial charge in [-0.1, -0.05) is 11.6 Å². The lowest BCUT2D eigenvalue weighted by atomic mass is 10.1. The number of carbonyl (C=O) groups excluding carboxylic acids is 1. The fourth-order valence-corrected chi connectivity index (χ4v) is 2.91. The maximum absolute atomic E-state index is 12.4. The molecule has 1 heterocycles. The molecule has 6 nitrogen and oxygen atoms in total. The van der Waals surface area contributed by atoms with Crippen LogP contribution in [0.15, 0.2) is 36.4 Å². The second-order valence-electron chi connectivity index (χ2n) is 6.13. The Balaban J connectivity index is 1.79. The first-order valence-electron chi connectivity index (χ1n) is 8.41. The number of halogens is 1. The Labute approximate surface area is 163 Å². The number of ether oxygens (including phenoxy) is 3. The summed E-state index contributed by atoms with van der Waals surface area (Å²) in [7, 11) is 5.36. The van der Waals surface area contributed by atoms with Gasteiger partial charge in [0.25, 0.3) is 0 Å². The summed E-state index contributed by atoms with van der Waals surface area (Å²) in [6, 6.07) is 8.96. The van der Waals surface area contributed by atoms with Gasteiger partial charge in [0.05, 0.1) is 18.5 Å². The highest BCUT2D eigenvalue weighted by molar-refractivity contribution is 6.31. The third-order valence-electron chi connectivity index (χ3n) is 3.98. The van der Waals surface area contributed by atoms with Crippen LogP contribution in [0.2, 0.25) is 5.02 Å². The van der Waals surface area contributed by atoms with Gasteiger partial charge in [-0.3, -0.25) is 4.79 Å². The minimum atomic E-state index is -0.269. The van der Waals surface area contributed by atoms with Crippen molar-refractivity contribution in [3.05, 3.63) is 47.0 Å². The Morgan fingerprint density at radius 1 is 1.22 bits per heavy atom. The van der Waals surface area contributed by atoms with E-state index in [1.807, 2.05) is 31.1 Å². The van der Waals surface area contributed by atoms with E-state index < -0.39 is 0 Å². The zero-order chi connectivity index (χ0) is 19.4. The summed E-state index contributed by atoms with van der Waals surface area (Å²) >= 11 is 6.05. The predicted octanol–water partition coefficient (Wildman–Crippen LogP) is 3.84. The molecule has 0 unspecified atom stereocenters. The van der Waals surface area contributed by atoms with E-state index in [2.05, 4.69) is 5.32 Å². The topological polar surface area (TPSA) is 60.0 Å². The minimum absolute atomic E-state index is 0.269. The van der Waals surface area contributed by atoms with E-state index in [1.54, 1.807) is 31.4 Å². The summed E-state index contributed by atoms with van der Waals surface area (Å²) < 4.78 is 16.5. The number of rotatable bonds is 5. The standard InChI is InChI=1S/C20H21ClN2O4/c1-23(2)16-6-5-14(21)12-15(16)22-19(24)7-4-13-10-17(25-3)20-18(11-13)26-8-9-27-20/h4-7,10-12H,8-9H2,1-3H3,(H,22,24)/b7-4+. The molecule has 3 rings (SSSR count). The molecule has 0 saturated carbocycles. The molecule has 142 valence electrons. The number of hydrogen-bond acceptors (Lipinski definition) is 5. The number of nitrogens with zero attached hydrogens (tertiary/aromatic N) is 1. The molecule has 7 heteroatoms. The molecule has 1 amide bonds. The van der Waals surface area contributed by atoms with Gasteiger partial charge in [-0.05, 0) is 42.0 Å². The smallest absolute Gasteiger partial charge is 0.248 e. The van der Waals surface area contributed by atoms with Crippen LogP contribution in [0, 0.1) is 0 Å². The van der Waals surface area contributed by atoms with E-state index in [1.165, 1.54) is 6.08 Å². The summed E-state index contributed by atoms with van der Waals surface area (Å²) in [5.74, 6) is 1.48. The van der Waals surface area contributed by atoms with Crippen molar-refractivity contribution in [3.8, 4) is 17.2 Å². The Kier molecular flexibility index (Phi) is 5.76. The molecule has 0 bridgehead atoms. The van der Waals surface area contributed by atoms with Gasteiger partial charge in [0.1, 0.15) is 13.2 Å². The van der Waals surface area contributed by atoms with Gasteiger partial charge in [0, 0.05) is 25.2 Å². The van der Waals surface area contributed by atoms with Gasteiger partial charge < -0.3 is 24.4 Å². The number of methoxy groups -OCH3 is 1. The molecule has 0 spiro atoms. The van der Waals surface area contributed by atoms with Crippen molar-refractivity contribution < 1.29 is 19.0 Å². The lowest BCUT2D eigenvalue weighted by Crippen LogP contribution is -2.16. The van der Waals surface area contributed by atoms with Crippen LogP contribution in [0.25, 0.3) is 6.08 Å². The average molecular weight is 389 g/mol. The molecule has 0 fully saturated rings. The van der Waals surface area contributed by atoms with Crippen molar-refractivity contribution in [1.82, 2.24) is 0 Å². The summed E-state index contributed by atoms with van der Waals surface area (Å²) in [6.07, 6.45) is 3.14. The molecule has 2 aromatic carbocycles. The van der Waals surface area contributed by atoms with E-state index in [4.69, 9.17) is 25.8 Å². The van der Waals surface area contributed by atoms with E-state index >= 15 is 0 Å². The molecule has 1 aliphatic rings. The van der Waals surface area contributed by atoms with Crippen molar-refractivity contribution in [1.29, 1.82) is 0 Å². The van der Waals surface area contributed by atoms with Crippen LogP contribution in [0.5, 0.6) is 17.2 Å². The van der Waals surface area contributed by atoms with E-state index in [0.29, 0.717) is 41.2 Å². The number of benzene rings is 2. The average Bonchev–Trinajstić information content (AvgIpc) is 2.65. The SMILES string of the molecule is COc1cc(/C=C/C(=O)Nc2cc(Cl)ccc2N(C)C)cc2c1OCCO2. The summed E-state index contributed by atoms with van der Waals surface area (Å²) in [4.78, 5) is 14.3. The van der Waals surface area contributed by atoms with Crippen molar-refractivity contribution in [2.45, 2.75) is 0 Å².